The van der Waals surface area contributed by atoms with E-state index in [0.717, 1.165) is 109 Å². The van der Waals surface area contributed by atoms with Gasteiger partial charge in [-0.25, -0.2) is 24.4 Å². The largest absolute Gasteiger partial charge is 0.454 e. The fourth-order valence-corrected chi connectivity index (χ4v) is 11.9. The number of carbonyl (C=O) groups excluding carboxylic acids is 5. The number of alkyl carbamates (subject to hydrolysis) is 2. The van der Waals surface area contributed by atoms with E-state index in [0.29, 0.717) is 42.8 Å². The number of ether oxygens (including phenoxy) is 5. The molecule has 5 amide bonds. The molecule has 6 heterocycles. The third-order valence-corrected chi connectivity index (χ3v) is 16.2. The van der Waals surface area contributed by atoms with Crippen LogP contribution in [0.1, 0.15) is 133 Å². The van der Waals surface area contributed by atoms with Crippen molar-refractivity contribution in [3.63, 3.8) is 0 Å². The quantitative estimate of drug-likeness (QED) is 0.0764. The van der Waals surface area contributed by atoms with E-state index in [2.05, 4.69) is 32.7 Å². The molecule has 0 radical (unpaired) electrons. The second-order valence-electron chi connectivity index (χ2n) is 22.1. The first kappa shape index (κ1) is 51.5. The van der Waals surface area contributed by atoms with Crippen molar-refractivity contribution in [3.8, 4) is 45.1 Å². The lowest BCUT2D eigenvalue weighted by Gasteiger charge is -2.30. The number of aromatic nitrogens is 4. The third-order valence-electron chi connectivity index (χ3n) is 16.2. The van der Waals surface area contributed by atoms with Gasteiger partial charge in [0.25, 0.3) is 0 Å². The van der Waals surface area contributed by atoms with Gasteiger partial charge in [0.2, 0.25) is 18.6 Å². The SMILES string of the molecule is CC(C)[C@H](NC(=O)OC1CCCC1)C(=O)N1C[C@H](OC(=O)N2Cc3ccc4c(c3C2)OCO4)CC1c1ncc(-c2ccc(-c3ccc(-c4c[nH]c([C@@H]5CCCN5C(=O)[C@@H](NC(=O)OC5CCCC5)C(C)C)n4)cc3)cc2)[nH]1. The van der Waals surface area contributed by atoms with Crippen molar-refractivity contribution in [1.82, 2.24) is 45.3 Å². The molecule has 2 aromatic heterocycles. The molecule has 1 unspecified atom stereocenters. The lowest BCUT2D eigenvalue weighted by atomic mass is 10.0. The van der Waals surface area contributed by atoms with E-state index in [1.165, 1.54) is 0 Å². The predicted octanol–water partition coefficient (Wildman–Crippen LogP) is 9.71. The number of nitrogens with one attached hydrogen (secondary N) is 4. The van der Waals surface area contributed by atoms with Crippen LogP contribution in [0.5, 0.6) is 11.5 Å². The number of carbonyl (C=O) groups is 5. The maximum absolute atomic E-state index is 14.6. The van der Waals surface area contributed by atoms with Crippen molar-refractivity contribution in [3.05, 3.63) is 95.8 Å². The fourth-order valence-electron chi connectivity index (χ4n) is 11.9. The number of benzene rings is 3. The zero-order valence-electron chi connectivity index (χ0n) is 44.3. The number of fused-ring (bicyclic) bond motifs is 3. The van der Waals surface area contributed by atoms with Gasteiger partial charge in [0.15, 0.2) is 11.5 Å². The van der Waals surface area contributed by atoms with Gasteiger partial charge >= 0.3 is 18.3 Å². The third kappa shape index (κ3) is 11.0. The summed E-state index contributed by atoms with van der Waals surface area (Å²) in [4.78, 5) is 90.1. The van der Waals surface area contributed by atoms with Crippen molar-refractivity contribution in [2.45, 2.75) is 154 Å². The molecule has 2 saturated carbocycles. The number of amides is 5. The van der Waals surface area contributed by atoms with Crippen molar-refractivity contribution >= 4 is 30.1 Å². The van der Waals surface area contributed by atoms with Gasteiger partial charge in [-0.3, -0.25) is 14.5 Å². The smallest absolute Gasteiger partial charge is 0.410 e. The molecule has 4 fully saturated rings. The Kier molecular flexibility index (Phi) is 14.8. The molecule has 0 bridgehead atoms. The monoisotopic (exact) mass is 1050 g/mol. The zero-order chi connectivity index (χ0) is 53.3. The van der Waals surface area contributed by atoms with Crippen LogP contribution in [0.15, 0.2) is 73.1 Å². The second kappa shape index (κ2) is 22.2. The average molecular weight is 1050 g/mol. The molecule has 19 nitrogen and oxygen atoms in total. The van der Waals surface area contributed by atoms with Crippen LogP contribution in [0.4, 0.5) is 14.4 Å². The summed E-state index contributed by atoms with van der Waals surface area (Å²) in [6, 6.07) is 17.7. The molecule has 11 rings (SSSR count). The van der Waals surface area contributed by atoms with Crippen LogP contribution in [-0.4, -0.2) is 115 Å². The second-order valence-corrected chi connectivity index (χ2v) is 22.1. The molecule has 2 saturated heterocycles. The summed E-state index contributed by atoms with van der Waals surface area (Å²) in [5.41, 5.74) is 7.21. The minimum absolute atomic E-state index is 0.0880. The molecule has 2 aliphatic carbocycles. The number of imidazole rings is 2. The van der Waals surface area contributed by atoms with Gasteiger partial charge in [-0.05, 0) is 104 Å². The van der Waals surface area contributed by atoms with E-state index in [-0.39, 0.29) is 61.7 Å². The molecule has 406 valence electrons. The Morgan fingerprint density at radius 3 is 1.90 bits per heavy atom. The maximum Gasteiger partial charge on any atom is 0.410 e. The highest BCUT2D eigenvalue weighted by molar-refractivity contribution is 5.87. The van der Waals surface area contributed by atoms with Gasteiger partial charge in [-0.15, -0.1) is 0 Å². The summed E-state index contributed by atoms with van der Waals surface area (Å²) in [5.74, 6) is 1.73. The summed E-state index contributed by atoms with van der Waals surface area (Å²) in [7, 11) is 0. The van der Waals surface area contributed by atoms with E-state index in [9.17, 15) is 24.0 Å². The van der Waals surface area contributed by atoms with Crippen molar-refractivity contribution in [2.75, 3.05) is 19.9 Å². The Bertz CT molecular complexity index is 2960. The summed E-state index contributed by atoms with van der Waals surface area (Å²) >= 11 is 0. The standard InChI is InChI=1S/C58H69N9O10/c1-33(2)49(63-56(70)75-40-10-5-6-11-40)54(68)66-25-9-14-46(66)52-59-27-44(61-52)37-19-15-35(16-20-37)36-17-21-38(22-18-36)45-28-60-53(62-45)47-26-42(77-58(72)65-29-39-23-24-48-51(43(39)31-65)74-32-73-48)30-67(47)55(69)50(34(3)4)64-57(71)76-41-12-7-8-13-41/h15-24,27-28,33-34,40-42,46-47,49-50H,5-14,25-26,29-32H2,1-4H3,(H,59,61)(H,60,62)(H,63,70)(H,64,71)/t42-,46+,47?,49+,50+/m1/s1. The molecule has 4 N–H and O–H groups in total. The normalized spacial score (nSPS) is 21.0. The van der Waals surface area contributed by atoms with Crippen LogP contribution >= 0.6 is 0 Å². The molecule has 6 aliphatic rings. The van der Waals surface area contributed by atoms with E-state index in [1.54, 1.807) is 16.0 Å². The highest BCUT2D eigenvalue weighted by atomic mass is 16.7. The molecular formula is C58H69N9O10. The van der Waals surface area contributed by atoms with Gasteiger partial charge in [0.05, 0.1) is 42.8 Å². The first-order valence-corrected chi connectivity index (χ1v) is 27.6. The molecular weight excluding hydrogens is 983 g/mol. The number of nitrogens with zero attached hydrogens (tertiary/aromatic N) is 5. The maximum atomic E-state index is 14.6. The molecule has 0 spiro atoms. The molecule has 5 atom stereocenters. The number of rotatable bonds is 14. The number of H-pyrrole nitrogens is 2. The van der Waals surface area contributed by atoms with Crippen molar-refractivity contribution in [2.24, 2.45) is 11.8 Å². The summed E-state index contributed by atoms with van der Waals surface area (Å²) in [6.07, 6.45) is 10.4. The van der Waals surface area contributed by atoms with E-state index < -0.39 is 42.5 Å². The van der Waals surface area contributed by atoms with Gasteiger partial charge in [-0.2, -0.15) is 0 Å². The highest BCUT2D eigenvalue weighted by Crippen LogP contribution is 2.42. The predicted molar refractivity (Wildman–Crippen MR) is 283 cm³/mol. The number of likely N-dealkylation sites (tertiary alicyclic amines) is 2. The van der Waals surface area contributed by atoms with Crippen LogP contribution in [-0.2, 0) is 36.9 Å². The van der Waals surface area contributed by atoms with Crippen molar-refractivity contribution < 1.29 is 47.7 Å². The van der Waals surface area contributed by atoms with Crippen LogP contribution in [0.3, 0.4) is 0 Å². The van der Waals surface area contributed by atoms with Crippen molar-refractivity contribution in [1.29, 1.82) is 0 Å². The number of hydrogen-bond acceptors (Lipinski definition) is 12. The van der Waals surface area contributed by atoms with Crippen LogP contribution in [0, 0.1) is 11.8 Å². The number of aromatic amines is 2. The van der Waals surface area contributed by atoms with Gasteiger partial charge in [-0.1, -0.05) is 82.3 Å². The van der Waals surface area contributed by atoms with E-state index in [1.807, 2.05) is 87.3 Å². The number of hydrogen-bond donors (Lipinski definition) is 4. The summed E-state index contributed by atoms with van der Waals surface area (Å²) < 4.78 is 28.8. The van der Waals surface area contributed by atoms with Crippen LogP contribution in [0.2, 0.25) is 0 Å². The Balaban J connectivity index is 0.753. The van der Waals surface area contributed by atoms with Gasteiger partial charge in [0.1, 0.15) is 42.0 Å². The van der Waals surface area contributed by atoms with Crippen LogP contribution in [0.25, 0.3) is 33.6 Å². The minimum Gasteiger partial charge on any atom is -0.454 e. The minimum atomic E-state index is -0.891. The molecule has 19 heteroatoms. The van der Waals surface area contributed by atoms with E-state index in [4.69, 9.17) is 33.7 Å². The summed E-state index contributed by atoms with van der Waals surface area (Å²) in [6.45, 7) is 9.12. The Morgan fingerprint density at radius 1 is 0.649 bits per heavy atom. The average Bonchev–Trinajstić information content (AvgIpc) is 4.31. The fraction of sp³-hybridized carbons (Fsp3) is 0.500. The lowest BCUT2D eigenvalue weighted by molar-refractivity contribution is -0.136. The molecule has 3 aromatic carbocycles. The molecule has 77 heavy (non-hydrogen) atoms. The molecule has 5 aromatic rings. The Morgan fingerprint density at radius 2 is 1.26 bits per heavy atom. The first-order valence-electron chi connectivity index (χ1n) is 27.6. The summed E-state index contributed by atoms with van der Waals surface area (Å²) in [5, 5.41) is 5.74. The first-order chi connectivity index (χ1) is 37.3. The topological polar surface area (TPSA) is 223 Å². The Labute approximate surface area is 448 Å². The molecule has 4 aliphatic heterocycles. The zero-order valence-corrected chi connectivity index (χ0v) is 44.3. The highest BCUT2D eigenvalue weighted by Gasteiger charge is 2.45. The lowest BCUT2D eigenvalue weighted by Crippen LogP contribution is -2.52. The van der Waals surface area contributed by atoms with Gasteiger partial charge < -0.3 is 54.1 Å². The van der Waals surface area contributed by atoms with Gasteiger partial charge in [0, 0.05) is 36.8 Å². The van der Waals surface area contributed by atoms with E-state index >= 15 is 0 Å². The van der Waals surface area contributed by atoms with Crippen LogP contribution < -0.4 is 20.1 Å². The Hall–Kier alpha value is -7.57.